The molecule has 0 aliphatic heterocycles. The summed E-state index contributed by atoms with van der Waals surface area (Å²) in [6, 6.07) is 12.6. The highest BCUT2D eigenvalue weighted by Crippen LogP contribution is 2.20. The van der Waals surface area contributed by atoms with Gasteiger partial charge in [-0.1, -0.05) is 31.2 Å². The van der Waals surface area contributed by atoms with Crippen molar-refractivity contribution < 1.29 is 9.13 Å². The molecule has 0 saturated carbocycles. The molecule has 2 N–H and O–H groups in total. The molecule has 0 amide bonds. The van der Waals surface area contributed by atoms with Crippen LogP contribution in [0.5, 0.6) is 5.75 Å². The van der Waals surface area contributed by atoms with E-state index in [2.05, 4.69) is 6.92 Å². The van der Waals surface area contributed by atoms with Crippen LogP contribution in [0.1, 0.15) is 18.1 Å². The van der Waals surface area contributed by atoms with E-state index in [1.807, 2.05) is 24.3 Å². The molecule has 2 aromatic carbocycles. The van der Waals surface area contributed by atoms with E-state index in [0.29, 0.717) is 6.61 Å². The maximum Gasteiger partial charge on any atom is 0.146 e. The van der Waals surface area contributed by atoms with E-state index in [-0.39, 0.29) is 5.69 Å². The molecule has 0 spiro atoms. The van der Waals surface area contributed by atoms with Gasteiger partial charge >= 0.3 is 0 Å². The average molecular weight is 245 g/mol. The molecule has 18 heavy (non-hydrogen) atoms. The highest BCUT2D eigenvalue weighted by molar-refractivity contribution is 5.41. The predicted octanol–water partition coefficient (Wildman–Crippen LogP) is 3.55. The van der Waals surface area contributed by atoms with Crippen LogP contribution in [0.25, 0.3) is 0 Å². The fourth-order valence-corrected chi connectivity index (χ4v) is 1.76. The summed E-state index contributed by atoms with van der Waals surface area (Å²) in [7, 11) is 0. The smallest absolute Gasteiger partial charge is 0.146 e. The first-order valence-electron chi connectivity index (χ1n) is 5.95. The van der Waals surface area contributed by atoms with E-state index in [1.54, 1.807) is 12.1 Å². The first-order valence-corrected chi connectivity index (χ1v) is 5.95. The van der Waals surface area contributed by atoms with Crippen molar-refractivity contribution in [2.45, 2.75) is 20.0 Å². The second-order valence-electron chi connectivity index (χ2n) is 4.11. The second-order valence-corrected chi connectivity index (χ2v) is 4.11. The van der Waals surface area contributed by atoms with E-state index in [9.17, 15) is 4.39 Å². The summed E-state index contributed by atoms with van der Waals surface area (Å²) in [5.41, 5.74) is 7.50. The molecule has 0 unspecified atom stereocenters. The summed E-state index contributed by atoms with van der Waals surface area (Å²) in [4.78, 5) is 0. The van der Waals surface area contributed by atoms with Crippen molar-refractivity contribution in [3.8, 4) is 5.75 Å². The van der Waals surface area contributed by atoms with Crippen molar-refractivity contribution in [1.82, 2.24) is 0 Å². The lowest BCUT2D eigenvalue weighted by Gasteiger charge is -2.10. The van der Waals surface area contributed by atoms with Crippen LogP contribution in [0.4, 0.5) is 10.1 Å². The summed E-state index contributed by atoms with van der Waals surface area (Å²) in [6.45, 7) is 2.42. The Hall–Kier alpha value is -2.03. The van der Waals surface area contributed by atoms with Crippen molar-refractivity contribution in [3.05, 3.63) is 59.4 Å². The minimum atomic E-state index is -0.403. The Kier molecular flexibility index (Phi) is 3.82. The molecular weight excluding hydrogens is 229 g/mol. The molecule has 0 aliphatic rings. The molecule has 0 fully saturated rings. The zero-order valence-corrected chi connectivity index (χ0v) is 10.3. The standard InChI is InChI=1S/C15H16FNO/c1-2-12-5-3-4-6-15(12)18-10-11-7-8-14(17)13(16)9-11/h3-9H,2,10,17H2,1H3. The van der Waals surface area contributed by atoms with Gasteiger partial charge in [-0.25, -0.2) is 4.39 Å². The van der Waals surface area contributed by atoms with Crippen LogP contribution in [0.2, 0.25) is 0 Å². The molecule has 0 aliphatic carbocycles. The maximum absolute atomic E-state index is 13.3. The van der Waals surface area contributed by atoms with Gasteiger partial charge in [0, 0.05) is 0 Å². The van der Waals surface area contributed by atoms with Gasteiger partial charge in [-0.3, -0.25) is 0 Å². The third kappa shape index (κ3) is 2.80. The second kappa shape index (κ2) is 5.54. The van der Waals surface area contributed by atoms with Gasteiger partial charge in [0.1, 0.15) is 18.2 Å². The van der Waals surface area contributed by atoms with Crippen molar-refractivity contribution in [2.75, 3.05) is 5.73 Å². The van der Waals surface area contributed by atoms with Crippen LogP contribution in [-0.2, 0) is 13.0 Å². The van der Waals surface area contributed by atoms with Gasteiger partial charge in [-0.2, -0.15) is 0 Å². The lowest BCUT2D eigenvalue weighted by Crippen LogP contribution is -2.00. The Morgan fingerprint density at radius 2 is 1.94 bits per heavy atom. The molecule has 94 valence electrons. The maximum atomic E-state index is 13.3. The topological polar surface area (TPSA) is 35.2 Å². The fourth-order valence-electron chi connectivity index (χ4n) is 1.76. The average Bonchev–Trinajstić information content (AvgIpc) is 2.40. The number of hydrogen-bond acceptors (Lipinski definition) is 2. The van der Waals surface area contributed by atoms with Crippen molar-refractivity contribution >= 4 is 5.69 Å². The number of nitrogen functional groups attached to an aromatic ring is 1. The molecule has 0 bridgehead atoms. The van der Waals surface area contributed by atoms with Gasteiger partial charge in [0.2, 0.25) is 0 Å². The molecule has 3 heteroatoms. The largest absolute Gasteiger partial charge is 0.489 e. The molecular formula is C15H16FNO. The normalized spacial score (nSPS) is 10.3. The Labute approximate surface area is 106 Å². The monoisotopic (exact) mass is 245 g/mol. The molecule has 2 rings (SSSR count). The molecule has 0 radical (unpaired) electrons. The minimum absolute atomic E-state index is 0.160. The van der Waals surface area contributed by atoms with Crippen molar-refractivity contribution in [2.24, 2.45) is 0 Å². The molecule has 0 saturated heterocycles. The van der Waals surface area contributed by atoms with Crippen LogP contribution >= 0.6 is 0 Å². The van der Waals surface area contributed by atoms with Crippen LogP contribution in [-0.4, -0.2) is 0 Å². The number of hydrogen-bond donors (Lipinski definition) is 1. The Bertz CT molecular complexity index is 540. The van der Waals surface area contributed by atoms with Crippen LogP contribution in [0, 0.1) is 5.82 Å². The van der Waals surface area contributed by atoms with Crippen LogP contribution in [0.3, 0.4) is 0 Å². The quantitative estimate of drug-likeness (QED) is 0.836. The fraction of sp³-hybridized carbons (Fsp3) is 0.200. The molecule has 2 nitrogen and oxygen atoms in total. The van der Waals surface area contributed by atoms with E-state index in [1.165, 1.54) is 6.07 Å². The SMILES string of the molecule is CCc1ccccc1OCc1ccc(N)c(F)c1. The zero-order valence-electron chi connectivity index (χ0n) is 10.3. The van der Waals surface area contributed by atoms with Crippen LogP contribution in [0.15, 0.2) is 42.5 Å². The number of halogens is 1. The summed E-state index contributed by atoms with van der Waals surface area (Å²) >= 11 is 0. The molecule has 2 aromatic rings. The summed E-state index contributed by atoms with van der Waals surface area (Å²) in [6.07, 6.45) is 0.909. The first-order chi connectivity index (χ1) is 8.70. The Morgan fingerprint density at radius 3 is 2.67 bits per heavy atom. The predicted molar refractivity (Wildman–Crippen MR) is 71.0 cm³/mol. The Morgan fingerprint density at radius 1 is 1.17 bits per heavy atom. The van der Waals surface area contributed by atoms with Gasteiger partial charge in [0.15, 0.2) is 0 Å². The minimum Gasteiger partial charge on any atom is -0.489 e. The number of nitrogens with two attached hydrogens (primary N) is 1. The lowest BCUT2D eigenvalue weighted by molar-refractivity contribution is 0.302. The highest BCUT2D eigenvalue weighted by Gasteiger charge is 2.03. The number of aryl methyl sites for hydroxylation is 1. The molecule has 0 aromatic heterocycles. The van der Waals surface area contributed by atoms with Crippen molar-refractivity contribution in [1.29, 1.82) is 0 Å². The number of benzene rings is 2. The van der Waals surface area contributed by atoms with E-state index in [0.717, 1.165) is 23.3 Å². The Balaban J connectivity index is 2.09. The van der Waals surface area contributed by atoms with Gasteiger partial charge in [0.05, 0.1) is 5.69 Å². The van der Waals surface area contributed by atoms with Gasteiger partial charge in [-0.05, 0) is 35.7 Å². The lowest BCUT2D eigenvalue weighted by atomic mass is 10.1. The molecule has 0 heterocycles. The van der Waals surface area contributed by atoms with E-state index >= 15 is 0 Å². The third-order valence-corrected chi connectivity index (χ3v) is 2.81. The summed E-state index contributed by atoms with van der Waals surface area (Å²) in [5, 5.41) is 0. The summed E-state index contributed by atoms with van der Waals surface area (Å²) in [5.74, 6) is 0.442. The van der Waals surface area contributed by atoms with Crippen LogP contribution < -0.4 is 10.5 Å². The number of anilines is 1. The highest BCUT2D eigenvalue weighted by atomic mass is 19.1. The van der Waals surface area contributed by atoms with E-state index in [4.69, 9.17) is 10.5 Å². The van der Waals surface area contributed by atoms with E-state index < -0.39 is 5.82 Å². The third-order valence-electron chi connectivity index (χ3n) is 2.81. The van der Waals surface area contributed by atoms with Crippen molar-refractivity contribution in [3.63, 3.8) is 0 Å². The van der Waals surface area contributed by atoms with Gasteiger partial charge < -0.3 is 10.5 Å². The van der Waals surface area contributed by atoms with Gasteiger partial charge in [0.25, 0.3) is 0 Å². The first kappa shape index (κ1) is 12.4. The molecule has 0 atom stereocenters. The number of ether oxygens (including phenoxy) is 1. The summed E-state index contributed by atoms with van der Waals surface area (Å²) < 4.78 is 19.0. The number of rotatable bonds is 4. The van der Waals surface area contributed by atoms with Gasteiger partial charge in [-0.15, -0.1) is 0 Å². The zero-order chi connectivity index (χ0) is 13.0. The number of para-hydroxylation sites is 1.